The van der Waals surface area contributed by atoms with E-state index in [0.29, 0.717) is 12.8 Å². The minimum atomic E-state index is -1.76. The summed E-state index contributed by atoms with van der Waals surface area (Å²) < 4.78 is 33.5. The summed E-state index contributed by atoms with van der Waals surface area (Å²) in [6.07, 6.45) is 16.7. The Morgan fingerprint density at radius 3 is 1.40 bits per heavy atom. The van der Waals surface area contributed by atoms with E-state index < -0.39 is 92.7 Å². The van der Waals surface area contributed by atoms with Gasteiger partial charge in [0.15, 0.2) is 18.7 Å². The zero-order chi connectivity index (χ0) is 46.1. The van der Waals surface area contributed by atoms with E-state index in [0.717, 1.165) is 57.8 Å². The van der Waals surface area contributed by atoms with Gasteiger partial charge in [0.1, 0.15) is 55.4 Å². The van der Waals surface area contributed by atoms with Crippen molar-refractivity contribution >= 4 is 11.9 Å². The van der Waals surface area contributed by atoms with Crippen LogP contribution in [0.4, 0.5) is 0 Å². The lowest BCUT2D eigenvalue weighted by Gasteiger charge is -2.42. The summed E-state index contributed by atoms with van der Waals surface area (Å²) in [5, 5.41) is 71.9. The van der Waals surface area contributed by atoms with Crippen LogP contribution in [0.25, 0.3) is 0 Å². The summed E-state index contributed by atoms with van der Waals surface area (Å²) in [6.45, 7) is 2.57. The number of aliphatic hydroxyl groups excluding tert-OH is 7. The Labute approximate surface area is 378 Å². The standard InChI is InChI=1S/C48H88O15/c1-3-5-7-9-11-13-15-16-17-18-19-21-23-25-27-29-31-40(51)61-36(33-58-39(50)30-28-26-24-22-20-14-12-10-8-6-4-2)34-59-47-46(57)44(55)42(53)38(63-47)35-60-48-45(56)43(54)41(52)37(32-49)62-48/h17-18,36-38,41-49,52-57H,3-16,19-35H2,1-2H3/b18-17-. The lowest BCUT2D eigenvalue weighted by Crippen LogP contribution is -2.61. The molecule has 15 nitrogen and oxygen atoms in total. The first-order chi connectivity index (χ1) is 30.5. The van der Waals surface area contributed by atoms with Crippen LogP contribution in [0.2, 0.25) is 0 Å². The summed E-state index contributed by atoms with van der Waals surface area (Å²) in [5.41, 5.74) is 0. The molecule has 2 saturated heterocycles. The van der Waals surface area contributed by atoms with Gasteiger partial charge in [0.2, 0.25) is 0 Å². The van der Waals surface area contributed by atoms with Crippen molar-refractivity contribution in [2.45, 2.75) is 255 Å². The first-order valence-corrected chi connectivity index (χ1v) is 24.8. The van der Waals surface area contributed by atoms with Gasteiger partial charge in [0.25, 0.3) is 0 Å². The highest BCUT2D eigenvalue weighted by Gasteiger charge is 2.47. The molecular formula is C48H88O15. The molecule has 0 aliphatic carbocycles. The second-order valence-corrected chi connectivity index (χ2v) is 17.6. The maximum absolute atomic E-state index is 13.0. The number of carbonyl (C=O) groups is 2. The molecule has 2 aliphatic heterocycles. The Morgan fingerprint density at radius 2 is 0.905 bits per heavy atom. The molecular weight excluding hydrogens is 817 g/mol. The normalized spacial score (nSPS) is 26.9. The average Bonchev–Trinajstić information content (AvgIpc) is 3.28. The van der Waals surface area contributed by atoms with Crippen molar-refractivity contribution < 1.29 is 73.8 Å². The minimum Gasteiger partial charge on any atom is -0.462 e. The summed E-state index contributed by atoms with van der Waals surface area (Å²) >= 11 is 0. The number of esters is 2. The number of hydrogen-bond donors (Lipinski definition) is 7. The van der Waals surface area contributed by atoms with Crippen LogP contribution < -0.4 is 0 Å². The first-order valence-electron chi connectivity index (χ1n) is 24.8. The number of hydrogen-bond acceptors (Lipinski definition) is 15. The van der Waals surface area contributed by atoms with Crippen LogP contribution in [0, 0.1) is 0 Å². The lowest BCUT2D eigenvalue weighted by molar-refractivity contribution is -0.332. The van der Waals surface area contributed by atoms with E-state index >= 15 is 0 Å². The molecule has 63 heavy (non-hydrogen) atoms. The Balaban J connectivity index is 1.83. The predicted octanol–water partition coefficient (Wildman–Crippen LogP) is 6.21. The fourth-order valence-corrected chi connectivity index (χ4v) is 7.86. The van der Waals surface area contributed by atoms with Gasteiger partial charge in [-0.1, -0.05) is 148 Å². The molecule has 0 aromatic rings. The molecule has 7 N–H and O–H groups in total. The van der Waals surface area contributed by atoms with Crippen molar-refractivity contribution in [2.75, 3.05) is 26.4 Å². The van der Waals surface area contributed by atoms with Gasteiger partial charge in [-0.2, -0.15) is 0 Å². The summed E-state index contributed by atoms with van der Waals surface area (Å²) in [4.78, 5) is 25.7. The first kappa shape index (κ1) is 57.4. The van der Waals surface area contributed by atoms with Crippen molar-refractivity contribution in [2.24, 2.45) is 0 Å². The van der Waals surface area contributed by atoms with E-state index in [1.165, 1.54) is 89.9 Å². The van der Waals surface area contributed by atoms with Crippen LogP contribution in [-0.2, 0) is 38.0 Å². The Hall–Kier alpha value is -1.76. The lowest BCUT2D eigenvalue weighted by atomic mass is 9.98. The van der Waals surface area contributed by atoms with E-state index in [4.69, 9.17) is 28.4 Å². The molecule has 0 radical (unpaired) electrons. The molecule has 11 atom stereocenters. The van der Waals surface area contributed by atoms with Crippen LogP contribution in [0.3, 0.4) is 0 Å². The molecule has 0 bridgehead atoms. The largest absolute Gasteiger partial charge is 0.462 e. The van der Waals surface area contributed by atoms with Crippen LogP contribution in [0.1, 0.15) is 187 Å². The molecule has 2 aliphatic rings. The van der Waals surface area contributed by atoms with Crippen LogP contribution >= 0.6 is 0 Å². The zero-order valence-electron chi connectivity index (χ0n) is 38.8. The van der Waals surface area contributed by atoms with Crippen molar-refractivity contribution in [1.29, 1.82) is 0 Å². The maximum Gasteiger partial charge on any atom is 0.306 e. The Bertz CT molecular complexity index is 1160. The third-order valence-electron chi connectivity index (χ3n) is 12.0. The molecule has 0 aromatic carbocycles. The van der Waals surface area contributed by atoms with E-state index in [-0.39, 0.29) is 26.1 Å². The van der Waals surface area contributed by atoms with Gasteiger partial charge in [-0.05, 0) is 38.5 Å². The van der Waals surface area contributed by atoms with Gasteiger partial charge < -0.3 is 64.2 Å². The predicted molar refractivity (Wildman–Crippen MR) is 238 cm³/mol. The van der Waals surface area contributed by atoms with E-state index in [1.54, 1.807) is 0 Å². The van der Waals surface area contributed by atoms with E-state index in [2.05, 4.69) is 26.0 Å². The van der Waals surface area contributed by atoms with Crippen LogP contribution in [0.5, 0.6) is 0 Å². The molecule has 2 fully saturated rings. The number of unbranched alkanes of at least 4 members (excludes halogenated alkanes) is 22. The maximum atomic E-state index is 13.0. The quantitative estimate of drug-likeness (QED) is 0.0208. The van der Waals surface area contributed by atoms with Gasteiger partial charge in [-0.25, -0.2) is 0 Å². The molecule has 0 aromatic heterocycles. The Kier molecular flexibility index (Phi) is 33.1. The van der Waals surface area contributed by atoms with Crippen LogP contribution in [-0.4, -0.2) is 142 Å². The molecule has 0 amide bonds. The molecule has 11 unspecified atom stereocenters. The number of aliphatic hydroxyl groups is 7. The molecule has 0 saturated carbocycles. The Morgan fingerprint density at radius 1 is 0.492 bits per heavy atom. The number of ether oxygens (including phenoxy) is 6. The van der Waals surface area contributed by atoms with E-state index in [9.17, 15) is 45.3 Å². The molecule has 2 heterocycles. The highest BCUT2D eigenvalue weighted by molar-refractivity contribution is 5.70. The smallest absolute Gasteiger partial charge is 0.306 e. The number of allylic oxidation sites excluding steroid dienone is 2. The van der Waals surface area contributed by atoms with Crippen LogP contribution in [0.15, 0.2) is 12.2 Å². The van der Waals surface area contributed by atoms with Crippen molar-refractivity contribution in [3.63, 3.8) is 0 Å². The van der Waals surface area contributed by atoms with Gasteiger partial charge >= 0.3 is 11.9 Å². The fourth-order valence-electron chi connectivity index (χ4n) is 7.86. The average molecular weight is 905 g/mol. The third-order valence-corrected chi connectivity index (χ3v) is 12.0. The number of carbonyl (C=O) groups excluding carboxylic acids is 2. The van der Waals surface area contributed by atoms with Gasteiger partial charge in [-0.3, -0.25) is 9.59 Å². The molecule has 15 heteroatoms. The van der Waals surface area contributed by atoms with Crippen molar-refractivity contribution in [3.05, 3.63) is 12.2 Å². The highest BCUT2D eigenvalue weighted by Crippen LogP contribution is 2.26. The SMILES string of the molecule is CCCCCCCCC/C=C\CCCCCCCC(=O)OC(COC(=O)CCCCCCCCCCCCC)COC1OC(COC2OC(CO)C(O)C(O)C2O)C(O)C(O)C1O. The molecule has 2 rings (SSSR count). The summed E-state index contributed by atoms with van der Waals surface area (Å²) in [6, 6.07) is 0. The highest BCUT2D eigenvalue weighted by atomic mass is 16.7. The van der Waals surface area contributed by atoms with Gasteiger partial charge in [0.05, 0.1) is 19.8 Å². The summed E-state index contributed by atoms with van der Waals surface area (Å²) in [5.74, 6) is -0.929. The van der Waals surface area contributed by atoms with Gasteiger partial charge in [-0.15, -0.1) is 0 Å². The zero-order valence-corrected chi connectivity index (χ0v) is 38.8. The van der Waals surface area contributed by atoms with Crippen molar-refractivity contribution in [1.82, 2.24) is 0 Å². The monoisotopic (exact) mass is 905 g/mol. The topological polar surface area (TPSA) is 231 Å². The number of rotatable bonds is 38. The van der Waals surface area contributed by atoms with Crippen molar-refractivity contribution in [3.8, 4) is 0 Å². The van der Waals surface area contributed by atoms with Gasteiger partial charge in [0, 0.05) is 12.8 Å². The fraction of sp³-hybridized carbons (Fsp3) is 0.917. The van der Waals surface area contributed by atoms with E-state index in [1.807, 2.05) is 0 Å². The second-order valence-electron chi connectivity index (χ2n) is 17.6. The summed E-state index contributed by atoms with van der Waals surface area (Å²) in [7, 11) is 0. The minimum absolute atomic E-state index is 0.159. The second kappa shape index (κ2) is 36.4. The molecule has 370 valence electrons. The third kappa shape index (κ3) is 25.1. The molecule has 0 spiro atoms.